The Morgan fingerprint density at radius 3 is 2.24 bits per heavy atom. The van der Waals surface area contributed by atoms with Gasteiger partial charge in [0.05, 0.1) is 24.7 Å². The summed E-state index contributed by atoms with van der Waals surface area (Å²) in [6.45, 7) is 1.88. The van der Waals surface area contributed by atoms with Gasteiger partial charge in [-0.05, 0) is 84.8 Å². The Morgan fingerprint density at radius 2 is 1.60 bits per heavy atom. The lowest BCUT2D eigenvalue weighted by atomic mass is 10.2. The van der Waals surface area contributed by atoms with Crippen molar-refractivity contribution in [3.63, 3.8) is 0 Å². The molecule has 0 spiro atoms. The van der Waals surface area contributed by atoms with Gasteiger partial charge in [-0.1, -0.05) is 47.5 Å². The Bertz CT molecular complexity index is 1670. The van der Waals surface area contributed by atoms with Crippen molar-refractivity contribution in [2.45, 2.75) is 13.5 Å². The zero-order chi connectivity index (χ0) is 30.1. The van der Waals surface area contributed by atoms with E-state index in [1.165, 1.54) is 22.7 Å². The first-order chi connectivity index (χ1) is 20.1. The Hall–Kier alpha value is -4.67. The molecule has 0 aliphatic heterocycles. The molecule has 0 unspecified atom stereocenters. The van der Waals surface area contributed by atoms with Crippen molar-refractivity contribution in [1.82, 2.24) is 5.43 Å². The molecule has 216 valence electrons. The lowest BCUT2D eigenvalue weighted by Crippen LogP contribution is -2.29. The summed E-state index contributed by atoms with van der Waals surface area (Å²) in [6.07, 6.45) is 2.58. The normalized spacial score (nSPS) is 11.2. The first kappa shape index (κ1) is 30.3. The number of hydrogen-bond donors (Lipinski definition) is 2. The first-order valence-electron chi connectivity index (χ1n) is 12.8. The number of aryl methyl sites for hydroxylation is 1. The second-order valence-electron chi connectivity index (χ2n) is 9.38. The fourth-order valence-electron chi connectivity index (χ4n) is 3.82. The number of carbonyl (C=O) groups is 2. The van der Waals surface area contributed by atoms with Gasteiger partial charge in [-0.25, -0.2) is 13.8 Å². The number of nitrogens with zero attached hydrogens (tertiary/aromatic N) is 2. The summed E-state index contributed by atoms with van der Waals surface area (Å²) in [4.78, 5) is 24.7. The van der Waals surface area contributed by atoms with Crippen molar-refractivity contribution in [3.8, 4) is 5.75 Å². The molecule has 11 heteroatoms. The van der Waals surface area contributed by atoms with Crippen molar-refractivity contribution in [1.29, 1.82) is 0 Å². The number of rotatable bonds is 11. The molecule has 42 heavy (non-hydrogen) atoms. The fraction of sp³-hybridized carbons (Fsp3) is 0.129. The second-order valence-corrected chi connectivity index (χ2v) is 11.7. The van der Waals surface area contributed by atoms with Crippen LogP contribution in [0.5, 0.6) is 5.75 Å². The predicted molar refractivity (Wildman–Crippen MR) is 166 cm³/mol. The number of amides is 2. The highest BCUT2D eigenvalue weighted by Crippen LogP contribution is 2.24. The molecule has 0 aliphatic rings. The molecule has 0 fully saturated rings. The minimum atomic E-state index is -3.61. The third-order valence-electron chi connectivity index (χ3n) is 6.05. The first-order valence-corrected chi connectivity index (χ1v) is 15.0. The maximum atomic E-state index is 12.6. The molecule has 2 amide bonds. The van der Waals surface area contributed by atoms with Gasteiger partial charge in [0.15, 0.2) is 6.61 Å². The maximum Gasteiger partial charge on any atom is 0.271 e. The maximum absolute atomic E-state index is 12.6. The van der Waals surface area contributed by atoms with Crippen LogP contribution in [0.2, 0.25) is 5.02 Å². The molecule has 0 heterocycles. The van der Waals surface area contributed by atoms with Crippen molar-refractivity contribution in [2.24, 2.45) is 5.10 Å². The third kappa shape index (κ3) is 8.66. The summed E-state index contributed by atoms with van der Waals surface area (Å²) < 4.78 is 31.7. The molecule has 0 bridgehead atoms. The van der Waals surface area contributed by atoms with Gasteiger partial charge in [0.2, 0.25) is 10.0 Å². The van der Waals surface area contributed by atoms with Crippen LogP contribution in [0, 0.1) is 6.92 Å². The van der Waals surface area contributed by atoms with Gasteiger partial charge in [0.1, 0.15) is 5.75 Å². The van der Waals surface area contributed by atoms with Crippen LogP contribution in [0.3, 0.4) is 0 Å². The molecule has 4 aromatic carbocycles. The van der Waals surface area contributed by atoms with Crippen LogP contribution < -0.4 is 19.8 Å². The SMILES string of the molecule is Cc1ccc(NC(=O)COc2ccc(/C=N/NC(=O)c3ccc(N(Cc4ccccc4Cl)S(C)(=O)=O)cc3)cc2)cc1. The number of benzene rings is 4. The molecule has 0 atom stereocenters. The Labute approximate surface area is 249 Å². The summed E-state index contributed by atoms with van der Waals surface area (Å²) in [5.41, 5.74) is 6.30. The van der Waals surface area contributed by atoms with E-state index in [1.54, 1.807) is 60.7 Å². The molecule has 0 saturated carbocycles. The molecule has 0 aliphatic carbocycles. The van der Waals surface area contributed by atoms with Gasteiger partial charge in [0.25, 0.3) is 11.8 Å². The van der Waals surface area contributed by atoms with Gasteiger partial charge in [0, 0.05) is 16.3 Å². The lowest BCUT2D eigenvalue weighted by molar-refractivity contribution is -0.118. The highest BCUT2D eigenvalue weighted by Gasteiger charge is 2.19. The largest absolute Gasteiger partial charge is 0.484 e. The van der Waals surface area contributed by atoms with Gasteiger partial charge in [-0.15, -0.1) is 0 Å². The van der Waals surface area contributed by atoms with E-state index in [0.717, 1.165) is 11.8 Å². The summed E-state index contributed by atoms with van der Waals surface area (Å²) in [7, 11) is -3.61. The lowest BCUT2D eigenvalue weighted by Gasteiger charge is -2.23. The summed E-state index contributed by atoms with van der Waals surface area (Å²) in [6, 6.07) is 27.5. The van der Waals surface area contributed by atoms with Crippen LogP contribution in [-0.2, 0) is 21.4 Å². The molecule has 0 radical (unpaired) electrons. The number of sulfonamides is 1. The van der Waals surface area contributed by atoms with E-state index in [9.17, 15) is 18.0 Å². The average Bonchev–Trinajstić information content (AvgIpc) is 2.97. The standard InChI is InChI=1S/C31H29ClN4O5S/c1-22-7-13-26(14-8-22)34-30(37)21-41-28-17-9-23(10-18-28)19-33-35-31(38)24-11-15-27(16-12-24)36(42(2,39)40)20-25-5-3-4-6-29(25)32/h3-19H,20-21H2,1-2H3,(H,34,37)(H,35,38)/b33-19+. The minimum Gasteiger partial charge on any atom is -0.484 e. The number of nitrogens with one attached hydrogen (secondary N) is 2. The number of ether oxygens (including phenoxy) is 1. The monoisotopic (exact) mass is 604 g/mol. The van der Waals surface area contributed by atoms with Crippen LogP contribution in [0.1, 0.15) is 27.0 Å². The summed E-state index contributed by atoms with van der Waals surface area (Å²) >= 11 is 6.22. The van der Waals surface area contributed by atoms with E-state index < -0.39 is 15.9 Å². The quantitative estimate of drug-likeness (QED) is 0.176. The Balaban J connectivity index is 1.29. The number of hydrazone groups is 1. The van der Waals surface area contributed by atoms with Crippen LogP contribution >= 0.6 is 11.6 Å². The molecule has 0 aromatic heterocycles. The molecular formula is C31H29ClN4O5S. The Kier molecular flexibility index (Phi) is 9.95. The highest BCUT2D eigenvalue weighted by atomic mass is 35.5. The van der Waals surface area contributed by atoms with Gasteiger partial charge in [-0.3, -0.25) is 13.9 Å². The van der Waals surface area contributed by atoms with Crippen molar-refractivity contribution in [3.05, 3.63) is 124 Å². The van der Waals surface area contributed by atoms with Gasteiger partial charge in [-0.2, -0.15) is 5.10 Å². The molecule has 4 rings (SSSR count). The Morgan fingerprint density at radius 1 is 0.929 bits per heavy atom. The van der Waals surface area contributed by atoms with Crippen LogP contribution in [0.15, 0.2) is 102 Å². The van der Waals surface area contributed by atoms with E-state index in [-0.39, 0.29) is 19.1 Å². The fourth-order valence-corrected chi connectivity index (χ4v) is 4.90. The van der Waals surface area contributed by atoms with Crippen molar-refractivity contribution >= 4 is 51.0 Å². The van der Waals surface area contributed by atoms with Crippen molar-refractivity contribution in [2.75, 3.05) is 22.5 Å². The van der Waals surface area contributed by atoms with E-state index in [2.05, 4.69) is 15.8 Å². The minimum absolute atomic E-state index is 0.0544. The summed E-state index contributed by atoms with van der Waals surface area (Å²) in [5.74, 6) is -0.229. The van der Waals surface area contributed by atoms with Crippen molar-refractivity contribution < 1.29 is 22.7 Å². The highest BCUT2D eigenvalue weighted by molar-refractivity contribution is 7.92. The van der Waals surface area contributed by atoms with E-state index in [1.807, 2.05) is 31.2 Å². The smallest absolute Gasteiger partial charge is 0.271 e. The third-order valence-corrected chi connectivity index (χ3v) is 7.56. The topological polar surface area (TPSA) is 117 Å². The van der Waals surface area contributed by atoms with Gasteiger partial charge < -0.3 is 10.1 Å². The second kappa shape index (κ2) is 13.8. The molecular weight excluding hydrogens is 576 g/mol. The number of halogens is 1. The zero-order valence-corrected chi connectivity index (χ0v) is 24.5. The van der Waals surface area contributed by atoms with Crippen LogP contribution in [-0.4, -0.2) is 39.3 Å². The van der Waals surface area contributed by atoms with Gasteiger partial charge >= 0.3 is 0 Å². The molecule has 9 nitrogen and oxygen atoms in total. The molecule has 4 aromatic rings. The molecule has 0 saturated heterocycles. The predicted octanol–water partition coefficient (Wildman–Crippen LogP) is 5.40. The number of anilines is 2. The average molecular weight is 605 g/mol. The van der Waals surface area contributed by atoms with E-state index >= 15 is 0 Å². The number of hydrogen-bond acceptors (Lipinski definition) is 6. The zero-order valence-electron chi connectivity index (χ0n) is 23.0. The number of carbonyl (C=O) groups excluding carboxylic acids is 2. The van der Waals surface area contributed by atoms with E-state index in [0.29, 0.717) is 38.8 Å². The van der Waals surface area contributed by atoms with Crippen LogP contribution in [0.4, 0.5) is 11.4 Å². The van der Waals surface area contributed by atoms with Crippen LogP contribution in [0.25, 0.3) is 0 Å². The summed E-state index contributed by atoms with van der Waals surface area (Å²) in [5, 5.41) is 7.22. The van der Waals surface area contributed by atoms with E-state index in [4.69, 9.17) is 16.3 Å². The molecule has 2 N–H and O–H groups in total.